The van der Waals surface area contributed by atoms with Gasteiger partial charge in [-0.3, -0.25) is 19.3 Å². The maximum Gasteiger partial charge on any atom is 0.253 e. The Morgan fingerprint density at radius 3 is 2.63 bits per heavy atom. The molecule has 35 heavy (non-hydrogen) atoms. The molecule has 8 nitrogen and oxygen atoms in total. The van der Waals surface area contributed by atoms with Crippen molar-refractivity contribution in [3.8, 4) is 0 Å². The number of amides is 3. The van der Waals surface area contributed by atoms with E-state index in [2.05, 4.69) is 15.2 Å². The number of anilines is 3. The van der Waals surface area contributed by atoms with Crippen molar-refractivity contribution in [3.05, 3.63) is 48.0 Å². The van der Waals surface area contributed by atoms with E-state index in [4.69, 9.17) is 0 Å². The first-order chi connectivity index (χ1) is 17.1. The molecular weight excluding hydrogens is 462 g/mol. The third-order valence-electron chi connectivity index (χ3n) is 7.11. The second-order valence-corrected chi connectivity index (χ2v) is 10.4. The van der Waals surface area contributed by atoms with E-state index in [-0.39, 0.29) is 30.3 Å². The largest absolute Gasteiger partial charge is 0.358 e. The summed E-state index contributed by atoms with van der Waals surface area (Å²) >= 11 is 1.41. The molecule has 0 spiro atoms. The fraction of sp³-hybridized carbons (Fsp3) is 0.385. The number of thiazole rings is 1. The number of rotatable bonds is 4. The zero-order chi connectivity index (χ0) is 23.9. The Kier molecular flexibility index (Phi) is 5.64. The minimum absolute atomic E-state index is 0.0163. The van der Waals surface area contributed by atoms with Gasteiger partial charge in [0.05, 0.1) is 21.6 Å². The third-order valence-corrected chi connectivity index (χ3v) is 8.06. The van der Waals surface area contributed by atoms with Crippen LogP contribution in [-0.2, 0) is 9.59 Å². The van der Waals surface area contributed by atoms with Crippen LogP contribution >= 0.6 is 11.3 Å². The maximum absolute atomic E-state index is 13.6. The van der Waals surface area contributed by atoms with Crippen molar-refractivity contribution in [2.45, 2.75) is 38.1 Å². The predicted molar refractivity (Wildman–Crippen MR) is 137 cm³/mol. The maximum atomic E-state index is 13.6. The lowest BCUT2D eigenvalue weighted by atomic mass is 9.95. The fourth-order valence-corrected chi connectivity index (χ4v) is 6.27. The Bertz CT molecular complexity index is 1280. The summed E-state index contributed by atoms with van der Waals surface area (Å²) in [5.74, 6) is -0.399. The molecule has 3 amide bonds. The first-order valence-corrected chi connectivity index (χ1v) is 13.1. The molecule has 1 atom stereocenters. The van der Waals surface area contributed by atoms with E-state index < -0.39 is 0 Å². The summed E-state index contributed by atoms with van der Waals surface area (Å²) < 4.78 is 0.991. The van der Waals surface area contributed by atoms with Crippen molar-refractivity contribution in [1.82, 2.24) is 9.88 Å². The van der Waals surface area contributed by atoms with Crippen LogP contribution in [-0.4, -0.2) is 59.8 Å². The standard InChI is InChI=1S/C26H27N5O3S/c32-23(28-26-27-18-7-1-2-9-22(18)35-26)16-31-21-15-17(24(33)29-12-5-6-13-29)10-11-19(21)30-14-4-3-8-20(30)25(31)34/h1-2,7,9-11,15,20H,3-6,8,12-14,16H2,(H,27,28,32). The second-order valence-electron chi connectivity index (χ2n) is 9.37. The number of likely N-dealkylation sites (tertiary alicyclic amines) is 1. The fourth-order valence-electron chi connectivity index (χ4n) is 5.38. The zero-order valence-corrected chi connectivity index (χ0v) is 20.2. The lowest BCUT2D eigenvalue weighted by molar-refractivity contribution is -0.123. The van der Waals surface area contributed by atoms with Crippen molar-refractivity contribution in [1.29, 1.82) is 0 Å². The van der Waals surface area contributed by atoms with Crippen LogP contribution in [0.2, 0.25) is 0 Å². The third kappa shape index (κ3) is 4.03. The van der Waals surface area contributed by atoms with Gasteiger partial charge in [-0.25, -0.2) is 4.98 Å². The first kappa shape index (κ1) is 22.0. The molecule has 180 valence electrons. The molecule has 1 N–H and O–H groups in total. The van der Waals surface area contributed by atoms with Crippen LogP contribution in [0.15, 0.2) is 42.5 Å². The van der Waals surface area contributed by atoms with Gasteiger partial charge >= 0.3 is 0 Å². The number of carbonyl (C=O) groups is 3. The van der Waals surface area contributed by atoms with Crippen LogP contribution < -0.4 is 15.1 Å². The molecule has 2 saturated heterocycles. The highest BCUT2D eigenvalue weighted by Crippen LogP contribution is 2.40. The van der Waals surface area contributed by atoms with E-state index in [1.54, 1.807) is 11.0 Å². The summed E-state index contributed by atoms with van der Waals surface area (Å²) in [6.45, 7) is 2.21. The molecule has 3 aromatic rings. The molecule has 2 aromatic carbocycles. The van der Waals surface area contributed by atoms with Gasteiger partial charge in [0.1, 0.15) is 12.6 Å². The molecule has 2 fully saturated rings. The normalized spacial score (nSPS) is 19.6. The highest BCUT2D eigenvalue weighted by molar-refractivity contribution is 7.22. The topological polar surface area (TPSA) is 85.9 Å². The number of nitrogens with zero attached hydrogens (tertiary/aromatic N) is 4. The van der Waals surface area contributed by atoms with Gasteiger partial charge in [0, 0.05) is 25.2 Å². The van der Waals surface area contributed by atoms with Crippen LogP contribution in [0.5, 0.6) is 0 Å². The zero-order valence-electron chi connectivity index (χ0n) is 19.4. The number of hydrogen-bond donors (Lipinski definition) is 1. The number of nitrogens with one attached hydrogen (secondary N) is 1. The molecule has 1 aromatic heterocycles. The summed E-state index contributed by atoms with van der Waals surface area (Å²) in [5, 5.41) is 3.38. The van der Waals surface area contributed by atoms with E-state index >= 15 is 0 Å². The van der Waals surface area contributed by atoms with Crippen molar-refractivity contribution < 1.29 is 14.4 Å². The van der Waals surface area contributed by atoms with Crippen LogP contribution in [0, 0.1) is 0 Å². The number of aromatic nitrogens is 1. The average molecular weight is 490 g/mol. The van der Waals surface area contributed by atoms with Crippen molar-refractivity contribution in [3.63, 3.8) is 0 Å². The number of hydrogen-bond acceptors (Lipinski definition) is 6. The Morgan fingerprint density at radius 1 is 1.00 bits per heavy atom. The van der Waals surface area contributed by atoms with Gasteiger partial charge in [0.2, 0.25) is 11.8 Å². The molecule has 0 saturated carbocycles. The highest BCUT2D eigenvalue weighted by Gasteiger charge is 2.40. The predicted octanol–water partition coefficient (Wildman–Crippen LogP) is 3.88. The quantitative estimate of drug-likeness (QED) is 0.601. The van der Waals surface area contributed by atoms with Gasteiger partial charge in [-0.15, -0.1) is 0 Å². The number of fused-ring (bicyclic) bond motifs is 4. The van der Waals surface area contributed by atoms with E-state index in [1.165, 1.54) is 11.3 Å². The van der Waals surface area contributed by atoms with Gasteiger partial charge in [0.25, 0.3) is 5.91 Å². The van der Waals surface area contributed by atoms with Crippen LogP contribution in [0.25, 0.3) is 10.2 Å². The van der Waals surface area contributed by atoms with Crippen LogP contribution in [0.3, 0.4) is 0 Å². The number of carbonyl (C=O) groups excluding carboxylic acids is 3. The number of piperidine rings is 1. The monoisotopic (exact) mass is 489 g/mol. The molecule has 3 aliphatic heterocycles. The summed E-state index contributed by atoms with van der Waals surface area (Å²) in [7, 11) is 0. The van der Waals surface area contributed by atoms with E-state index in [9.17, 15) is 14.4 Å². The van der Waals surface area contributed by atoms with E-state index in [0.29, 0.717) is 16.4 Å². The molecule has 6 rings (SSSR count). The summed E-state index contributed by atoms with van der Waals surface area (Å²) in [4.78, 5) is 49.8. The van der Waals surface area contributed by atoms with Crippen LogP contribution in [0.1, 0.15) is 42.5 Å². The molecule has 0 bridgehead atoms. The number of para-hydroxylation sites is 1. The Morgan fingerprint density at radius 2 is 1.80 bits per heavy atom. The van der Waals surface area contributed by atoms with E-state index in [0.717, 1.165) is 67.6 Å². The Balaban J connectivity index is 1.30. The van der Waals surface area contributed by atoms with Crippen molar-refractivity contribution in [2.24, 2.45) is 0 Å². The van der Waals surface area contributed by atoms with Crippen LogP contribution in [0.4, 0.5) is 16.5 Å². The number of benzene rings is 2. The lowest BCUT2D eigenvalue weighted by Gasteiger charge is -2.45. The molecule has 0 radical (unpaired) electrons. The van der Waals surface area contributed by atoms with Gasteiger partial charge in [-0.1, -0.05) is 23.5 Å². The molecular formula is C26H27N5O3S. The van der Waals surface area contributed by atoms with Gasteiger partial charge in [-0.05, 0) is 62.4 Å². The van der Waals surface area contributed by atoms with Gasteiger partial charge < -0.3 is 15.1 Å². The van der Waals surface area contributed by atoms with Crippen molar-refractivity contribution in [2.75, 3.05) is 41.3 Å². The first-order valence-electron chi connectivity index (χ1n) is 12.3. The lowest BCUT2D eigenvalue weighted by Crippen LogP contribution is -2.56. The second kappa shape index (κ2) is 8.96. The Hall–Kier alpha value is -3.46. The minimum Gasteiger partial charge on any atom is -0.358 e. The molecule has 1 unspecified atom stereocenters. The van der Waals surface area contributed by atoms with E-state index in [1.807, 2.05) is 41.3 Å². The summed E-state index contributed by atoms with van der Waals surface area (Å²) in [6.07, 6.45) is 4.81. The minimum atomic E-state index is -0.302. The SMILES string of the molecule is O=C(CN1C(=O)C2CCCCN2c2ccc(C(=O)N3CCCC3)cc21)Nc1nc2ccccc2s1. The smallest absolute Gasteiger partial charge is 0.253 e. The highest BCUT2D eigenvalue weighted by atomic mass is 32.1. The molecule has 0 aliphatic carbocycles. The molecule has 9 heteroatoms. The summed E-state index contributed by atoms with van der Waals surface area (Å²) in [5.41, 5.74) is 2.94. The van der Waals surface area contributed by atoms with Gasteiger partial charge in [-0.2, -0.15) is 0 Å². The van der Waals surface area contributed by atoms with Crippen molar-refractivity contribution >= 4 is 55.8 Å². The van der Waals surface area contributed by atoms with Gasteiger partial charge in [0.15, 0.2) is 5.13 Å². The average Bonchev–Trinajstić information content (AvgIpc) is 3.55. The molecule has 3 aliphatic rings. The summed E-state index contributed by atoms with van der Waals surface area (Å²) in [6, 6.07) is 13.0. The Labute approximate surface area is 207 Å². The molecule has 4 heterocycles.